The summed E-state index contributed by atoms with van der Waals surface area (Å²) in [6, 6.07) is 6.84. The van der Waals surface area contributed by atoms with Crippen molar-refractivity contribution in [1.82, 2.24) is 15.3 Å². The molecule has 0 spiro atoms. The van der Waals surface area contributed by atoms with Gasteiger partial charge in [-0.3, -0.25) is 19.4 Å². The zero-order chi connectivity index (χ0) is 20.1. The number of aryl methyl sites for hydroxylation is 1. The summed E-state index contributed by atoms with van der Waals surface area (Å²) in [6.07, 6.45) is 1.90. The van der Waals surface area contributed by atoms with Gasteiger partial charge in [-0.2, -0.15) is 0 Å². The minimum Gasteiger partial charge on any atom is -0.503 e. The normalized spacial score (nSPS) is 10.6. The van der Waals surface area contributed by atoms with E-state index < -0.39 is 23.0 Å². The fourth-order valence-electron chi connectivity index (χ4n) is 2.52. The average Bonchev–Trinajstić information content (AvgIpc) is 3.21. The fraction of sp³-hybridized carbons (Fsp3) is 0.158. The molecule has 3 N–H and O–H groups in total. The average molecular weight is 401 g/mol. The summed E-state index contributed by atoms with van der Waals surface area (Å²) in [4.78, 5) is 43.6. The molecular formula is C19H16FN3O4S. The summed E-state index contributed by atoms with van der Waals surface area (Å²) in [6.45, 7) is 0.222. The molecule has 0 atom stereocenters. The first-order valence-corrected chi connectivity index (χ1v) is 9.21. The number of hydrogen-bond donors (Lipinski definition) is 3. The quantitative estimate of drug-likeness (QED) is 0.527. The van der Waals surface area contributed by atoms with Crippen LogP contribution in [0, 0.1) is 5.82 Å². The van der Waals surface area contributed by atoms with Crippen molar-refractivity contribution in [3.63, 3.8) is 0 Å². The third-order valence-corrected chi connectivity index (χ3v) is 4.79. The molecule has 0 unspecified atom stereocenters. The van der Waals surface area contributed by atoms with E-state index in [2.05, 4.69) is 15.3 Å². The molecule has 0 saturated heterocycles. The van der Waals surface area contributed by atoms with Gasteiger partial charge in [0.05, 0.1) is 17.6 Å². The number of aromatic amines is 1. The maximum absolute atomic E-state index is 12.9. The number of thiazole rings is 1. The van der Waals surface area contributed by atoms with Gasteiger partial charge in [0, 0.05) is 17.5 Å². The second-order valence-electron chi connectivity index (χ2n) is 5.97. The first kappa shape index (κ1) is 19.4. The lowest BCUT2D eigenvalue weighted by molar-refractivity contribution is 0.0946. The summed E-state index contributed by atoms with van der Waals surface area (Å²) in [5.41, 5.74) is 1.09. The van der Waals surface area contributed by atoms with Gasteiger partial charge in [-0.1, -0.05) is 12.1 Å². The molecule has 0 aliphatic carbocycles. The van der Waals surface area contributed by atoms with Gasteiger partial charge in [0.25, 0.3) is 11.5 Å². The van der Waals surface area contributed by atoms with E-state index in [0.717, 1.165) is 16.5 Å². The zero-order valence-corrected chi connectivity index (χ0v) is 15.4. The molecule has 7 nitrogen and oxygen atoms in total. The number of nitrogens with one attached hydrogen (secondary N) is 2. The highest BCUT2D eigenvalue weighted by atomic mass is 32.1. The van der Waals surface area contributed by atoms with Crippen molar-refractivity contribution >= 4 is 23.0 Å². The number of carbonyl (C=O) groups is 2. The molecular weight excluding hydrogens is 385 g/mol. The number of aromatic hydroxyl groups is 1. The molecule has 2 aromatic heterocycles. The first-order valence-electron chi connectivity index (χ1n) is 8.33. The Kier molecular flexibility index (Phi) is 5.95. The summed E-state index contributed by atoms with van der Waals surface area (Å²) < 4.78 is 12.9. The van der Waals surface area contributed by atoms with E-state index in [-0.39, 0.29) is 30.0 Å². The molecule has 28 heavy (non-hydrogen) atoms. The maximum atomic E-state index is 12.9. The molecule has 1 amide bonds. The summed E-state index contributed by atoms with van der Waals surface area (Å²) in [7, 11) is 0. The Morgan fingerprint density at radius 3 is 2.68 bits per heavy atom. The predicted molar refractivity (Wildman–Crippen MR) is 101 cm³/mol. The number of pyridine rings is 1. The highest BCUT2D eigenvalue weighted by Crippen LogP contribution is 2.16. The Morgan fingerprint density at radius 1 is 1.25 bits per heavy atom. The number of Topliss-reactive ketones (excluding diaryl/α,β-unsaturated/α-hetero) is 1. The molecule has 0 aliphatic heterocycles. The lowest BCUT2D eigenvalue weighted by Crippen LogP contribution is -2.26. The van der Waals surface area contributed by atoms with E-state index >= 15 is 0 Å². The van der Waals surface area contributed by atoms with Gasteiger partial charge < -0.3 is 15.4 Å². The molecule has 3 rings (SSSR count). The van der Waals surface area contributed by atoms with Gasteiger partial charge >= 0.3 is 0 Å². The molecule has 0 saturated carbocycles. The van der Waals surface area contributed by atoms with Crippen LogP contribution in [-0.2, 0) is 13.0 Å². The summed E-state index contributed by atoms with van der Waals surface area (Å²) in [5.74, 6) is -2.19. The van der Waals surface area contributed by atoms with Crippen molar-refractivity contribution in [2.24, 2.45) is 0 Å². The summed E-state index contributed by atoms with van der Waals surface area (Å²) in [5, 5.41) is 12.5. The van der Waals surface area contributed by atoms with Crippen LogP contribution < -0.4 is 10.9 Å². The number of nitrogens with zero attached hydrogens (tertiary/aromatic N) is 1. The van der Waals surface area contributed by atoms with Gasteiger partial charge in [0.1, 0.15) is 11.5 Å². The highest BCUT2D eigenvalue weighted by Gasteiger charge is 2.18. The smallest absolute Gasteiger partial charge is 0.291 e. The number of benzene rings is 1. The number of hydrogen-bond acceptors (Lipinski definition) is 6. The van der Waals surface area contributed by atoms with Crippen molar-refractivity contribution in [3.05, 3.63) is 79.9 Å². The van der Waals surface area contributed by atoms with Crippen LogP contribution in [0.2, 0.25) is 0 Å². The van der Waals surface area contributed by atoms with Crippen LogP contribution in [0.15, 0.2) is 46.8 Å². The van der Waals surface area contributed by atoms with E-state index in [0.29, 0.717) is 6.42 Å². The van der Waals surface area contributed by atoms with Gasteiger partial charge in [-0.15, -0.1) is 11.3 Å². The SMILES string of the molecule is O=C(NCc1cncs1)c1cc(C(=O)CCc2ccc(F)cc2)c(O)c(=O)[nH]1. The predicted octanol–water partition coefficient (Wildman–Crippen LogP) is 2.42. The monoisotopic (exact) mass is 401 g/mol. The Labute approximate surface area is 162 Å². The fourth-order valence-corrected chi connectivity index (χ4v) is 3.06. The maximum Gasteiger partial charge on any atom is 0.291 e. The van der Waals surface area contributed by atoms with Crippen molar-refractivity contribution in [1.29, 1.82) is 0 Å². The van der Waals surface area contributed by atoms with Crippen LogP contribution in [0.25, 0.3) is 0 Å². The van der Waals surface area contributed by atoms with E-state index in [1.807, 2.05) is 0 Å². The van der Waals surface area contributed by atoms with E-state index in [4.69, 9.17) is 0 Å². The lowest BCUT2D eigenvalue weighted by Gasteiger charge is -2.08. The molecule has 1 aromatic carbocycles. The zero-order valence-electron chi connectivity index (χ0n) is 14.6. The summed E-state index contributed by atoms with van der Waals surface area (Å²) >= 11 is 1.36. The topological polar surface area (TPSA) is 112 Å². The lowest BCUT2D eigenvalue weighted by atomic mass is 10.0. The van der Waals surface area contributed by atoms with E-state index in [1.54, 1.807) is 23.8 Å². The number of H-pyrrole nitrogens is 1. The third kappa shape index (κ3) is 4.68. The highest BCUT2D eigenvalue weighted by molar-refractivity contribution is 7.09. The van der Waals surface area contributed by atoms with Crippen LogP contribution >= 0.6 is 11.3 Å². The molecule has 144 valence electrons. The number of amides is 1. The Bertz CT molecular complexity index is 1050. The van der Waals surface area contributed by atoms with Gasteiger partial charge in [-0.25, -0.2) is 4.39 Å². The van der Waals surface area contributed by atoms with Gasteiger partial charge in [0.2, 0.25) is 0 Å². The Balaban J connectivity index is 1.72. The van der Waals surface area contributed by atoms with Crippen molar-refractivity contribution < 1.29 is 19.1 Å². The molecule has 9 heteroatoms. The van der Waals surface area contributed by atoms with Crippen molar-refractivity contribution in [2.75, 3.05) is 0 Å². The van der Waals surface area contributed by atoms with Crippen molar-refractivity contribution in [3.8, 4) is 5.75 Å². The second-order valence-corrected chi connectivity index (χ2v) is 6.95. The molecule has 3 aromatic rings. The molecule has 0 aliphatic rings. The van der Waals surface area contributed by atoms with E-state index in [9.17, 15) is 23.9 Å². The minimum absolute atomic E-state index is 0.00936. The van der Waals surface area contributed by atoms with Crippen LogP contribution in [-0.4, -0.2) is 26.8 Å². The number of rotatable bonds is 7. The molecule has 0 bridgehead atoms. The van der Waals surface area contributed by atoms with Crippen molar-refractivity contribution in [2.45, 2.75) is 19.4 Å². The first-order chi connectivity index (χ1) is 13.4. The minimum atomic E-state index is -0.921. The largest absolute Gasteiger partial charge is 0.503 e. The number of carbonyl (C=O) groups excluding carboxylic acids is 2. The number of aromatic nitrogens is 2. The van der Waals surface area contributed by atoms with E-state index in [1.165, 1.54) is 23.5 Å². The molecule has 2 heterocycles. The Morgan fingerprint density at radius 2 is 2.00 bits per heavy atom. The van der Waals surface area contributed by atoms with Crippen LogP contribution in [0.1, 0.15) is 37.7 Å². The third-order valence-electron chi connectivity index (χ3n) is 4.01. The standard InChI is InChI=1S/C19H16FN3O4S/c20-12-4-1-11(2-5-12)3-6-16(24)14-7-15(23-19(27)17(14)25)18(26)22-9-13-8-21-10-28-13/h1-2,4-5,7-8,10,25H,3,6,9H2,(H,22,26)(H,23,27). The Hall–Kier alpha value is -3.33. The second kappa shape index (κ2) is 8.57. The van der Waals surface area contributed by atoms with Gasteiger partial charge in [0.15, 0.2) is 11.5 Å². The molecule has 0 radical (unpaired) electrons. The van der Waals surface area contributed by atoms with Crippen LogP contribution in [0.3, 0.4) is 0 Å². The van der Waals surface area contributed by atoms with Crippen LogP contribution in [0.4, 0.5) is 4.39 Å². The molecule has 0 fully saturated rings. The number of ketones is 1. The van der Waals surface area contributed by atoms with Gasteiger partial charge in [-0.05, 0) is 30.2 Å². The number of halogens is 1. The van der Waals surface area contributed by atoms with Crippen LogP contribution in [0.5, 0.6) is 5.75 Å².